The summed E-state index contributed by atoms with van der Waals surface area (Å²) in [4.78, 5) is 23.8. The van der Waals surface area contributed by atoms with E-state index >= 15 is 0 Å². The second kappa shape index (κ2) is 8.68. The van der Waals surface area contributed by atoms with Crippen molar-refractivity contribution in [3.05, 3.63) is 60.2 Å². The van der Waals surface area contributed by atoms with Crippen LogP contribution < -0.4 is 15.4 Å². The molecule has 130 valence electrons. The molecule has 0 unspecified atom stereocenters. The topological polar surface area (TPSA) is 67.4 Å². The van der Waals surface area contributed by atoms with E-state index in [1.165, 1.54) is 13.2 Å². The zero-order chi connectivity index (χ0) is 18.2. The number of hydrogen-bond acceptors (Lipinski definition) is 3. The molecule has 0 spiro atoms. The van der Waals surface area contributed by atoms with Crippen molar-refractivity contribution in [1.82, 2.24) is 0 Å². The Hall–Kier alpha value is -3.08. The first-order valence-electron chi connectivity index (χ1n) is 8.02. The van der Waals surface area contributed by atoms with Crippen LogP contribution in [0.2, 0.25) is 0 Å². The Morgan fingerprint density at radius 2 is 1.76 bits per heavy atom. The van der Waals surface area contributed by atoms with Crippen LogP contribution in [0.25, 0.3) is 6.08 Å². The maximum Gasteiger partial charge on any atom is 0.248 e. The molecule has 2 rings (SSSR count). The molecule has 0 aliphatic heterocycles. The molecule has 2 aromatic rings. The Bertz CT molecular complexity index is 768. The van der Waals surface area contributed by atoms with Crippen molar-refractivity contribution >= 4 is 29.3 Å². The van der Waals surface area contributed by atoms with E-state index in [0.29, 0.717) is 17.1 Å². The Morgan fingerprint density at radius 1 is 1.04 bits per heavy atom. The summed E-state index contributed by atoms with van der Waals surface area (Å²) in [6.45, 7) is 3.63. The SMILES string of the molecule is COc1cc(NC(=O)C=Cc2ccccc2)ccc1NC(=O)C(C)C. The normalized spacial score (nSPS) is 10.7. The van der Waals surface area contributed by atoms with Crippen molar-refractivity contribution in [2.45, 2.75) is 13.8 Å². The third-order valence-electron chi connectivity index (χ3n) is 3.48. The summed E-state index contributed by atoms with van der Waals surface area (Å²) >= 11 is 0. The van der Waals surface area contributed by atoms with E-state index < -0.39 is 0 Å². The molecule has 2 amide bonds. The number of methoxy groups -OCH3 is 1. The van der Waals surface area contributed by atoms with Crippen LogP contribution in [0.1, 0.15) is 19.4 Å². The highest BCUT2D eigenvalue weighted by atomic mass is 16.5. The lowest BCUT2D eigenvalue weighted by Crippen LogP contribution is -2.18. The van der Waals surface area contributed by atoms with Crippen molar-refractivity contribution in [2.75, 3.05) is 17.7 Å². The second-order valence-corrected chi connectivity index (χ2v) is 5.79. The number of rotatable bonds is 6. The fraction of sp³-hybridized carbons (Fsp3) is 0.200. The molecule has 0 heterocycles. The van der Waals surface area contributed by atoms with Crippen LogP contribution in [0, 0.1) is 5.92 Å². The number of hydrogen-bond donors (Lipinski definition) is 2. The molecule has 0 saturated carbocycles. The molecule has 0 aromatic heterocycles. The van der Waals surface area contributed by atoms with E-state index in [1.807, 2.05) is 44.2 Å². The van der Waals surface area contributed by atoms with Crippen LogP contribution in [0.15, 0.2) is 54.6 Å². The lowest BCUT2D eigenvalue weighted by molar-refractivity contribution is -0.119. The van der Waals surface area contributed by atoms with Crippen molar-refractivity contribution in [2.24, 2.45) is 5.92 Å². The van der Waals surface area contributed by atoms with E-state index in [0.717, 1.165) is 5.56 Å². The van der Waals surface area contributed by atoms with Gasteiger partial charge in [-0.1, -0.05) is 44.2 Å². The van der Waals surface area contributed by atoms with Crippen molar-refractivity contribution < 1.29 is 14.3 Å². The summed E-state index contributed by atoms with van der Waals surface area (Å²) in [5.41, 5.74) is 2.10. The van der Waals surface area contributed by atoms with Gasteiger partial charge in [-0.3, -0.25) is 9.59 Å². The maximum absolute atomic E-state index is 12.0. The average molecular weight is 338 g/mol. The van der Waals surface area contributed by atoms with Crippen molar-refractivity contribution in [3.63, 3.8) is 0 Å². The highest BCUT2D eigenvalue weighted by Crippen LogP contribution is 2.28. The first-order valence-corrected chi connectivity index (χ1v) is 8.02. The monoisotopic (exact) mass is 338 g/mol. The van der Waals surface area contributed by atoms with Gasteiger partial charge in [0.2, 0.25) is 11.8 Å². The number of amides is 2. The molecule has 2 aromatic carbocycles. The zero-order valence-corrected chi connectivity index (χ0v) is 14.6. The molecule has 0 radical (unpaired) electrons. The van der Waals surface area contributed by atoms with Gasteiger partial charge in [-0.15, -0.1) is 0 Å². The first-order chi connectivity index (χ1) is 12.0. The van der Waals surface area contributed by atoms with E-state index in [-0.39, 0.29) is 17.7 Å². The molecule has 0 atom stereocenters. The molecule has 2 N–H and O–H groups in total. The standard InChI is InChI=1S/C20H22N2O3/c1-14(2)20(24)22-17-11-10-16(13-18(17)25-3)21-19(23)12-9-15-7-5-4-6-8-15/h4-14H,1-3H3,(H,21,23)(H,22,24). The fourth-order valence-electron chi connectivity index (χ4n) is 2.07. The summed E-state index contributed by atoms with van der Waals surface area (Å²) in [6, 6.07) is 14.7. The summed E-state index contributed by atoms with van der Waals surface area (Å²) in [7, 11) is 1.52. The first kappa shape index (κ1) is 18.3. The highest BCUT2D eigenvalue weighted by Gasteiger charge is 2.11. The Labute approximate surface area is 147 Å². The summed E-state index contributed by atoms with van der Waals surface area (Å²) in [5.74, 6) is 0.0109. The number of anilines is 2. The molecule has 25 heavy (non-hydrogen) atoms. The van der Waals surface area contributed by atoms with Gasteiger partial charge >= 0.3 is 0 Å². The number of benzene rings is 2. The van der Waals surface area contributed by atoms with Crippen molar-refractivity contribution in [1.29, 1.82) is 0 Å². The average Bonchev–Trinajstić information content (AvgIpc) is 2.62. The van der Waals surface area contributed by atoms with Gasteiger partial charge in [0.1, 0.15) is 5.75 Å². The highest BCUT2D eigenvalue weighted by molar-refractivity contribution is 6.02. The van der Waals surface area contributed by atoms with Crippen LogP contribution in [-0.4, -0.2) is 18.9 Å². The Morgan fingerprint density at radius 3 is 2.40 bits per heavy atom. The van der Waals surface area contributed by atoms with E-state index in [4.69, 9.17) is 4.74 Å². The summed E-state index contributed by atoms with van der Waals surface area (Å²) in [6.07, 6.45) is 3.21. The van der Waals surface area contributed by atoms with Crippen LogP contribution in [-0.2, 0) is 9.59 Å². The van der Waals surface area contributed by atoms with Gasteiger partial charge in [-0.25, -0.2) is 0 Å². The fourth-order valence-corrected chi connectivity index (χ4v) is 2.07. The van der Waals surface area contributed by atoms with E-state index in [9.17, 15) is 9.59 Å². The van der Waals surface area contributed by atoms with E-state index in [1.54, 1.807) is 24.3 Å². The summed E-state index contributed by atoms with van der Waals surface area (Å²) < 4.78 is 5.29. The Balaban J connectivity index is 2.06. The molecular formula is C20H22N2O3. The van der Waals surface area contributed by atoms with Gasteiger partial charge in [0.15, 0.2) is 0 Å². The predicted octanol–water partition coefficient (Wildman–Crippen LogP) is 3.94. The third-order valence-corrected chi connectivity index (χ3v) is 3.48. The van der Waals surface area contributed by atoms with Gasteiger partial charge in [0, 0.05) is 23.7 Å². The Kier molecular flexibility index (Phi) is 6.34. The smallest absolute Gasteiger partial charge is 0.248 e. The molecule has 0 saturated heterocycles. The largest absolute Gasteiger partial charge is 0.494 e. The quantitative estimate of drug-likeness (QED) is 0.784. The minimum absolute atomic E-state index is 0.0964. The maximum atomic E-state index is 12.0. The number of carbonyl (C=O) groups is 2. The lowest BCUT2D eigenvalue weighted by atomic mass is 10.2. The third kappa shape index (κ3) is 5.49. The van der Waals surface area contributed by atoms with Crippen LogP contribution in [0.4, 0.5) is 11.4 Å². The molecule has 5 heteroatoms. The van der Waals surface area contributed by atoms with Gasteiger partial charge in [0.05, 0.1) is 12.8 Å². The summed E-state index contributed by atoms with van der Waals surface area (Å²) in [5, 5.41) is 5.57. The molecule has 0 aliphatic carbocycles. The molecule has 0 fully saturated rings. The molecule has 5 nitrogen and oxygen atoms in total. The van der Waals surface area contributed by atoms with Crippen LogP contribution >= 0.6 is 0 Å². The second-order valence-electron chi connectivity index (χ2n) is 5.79. The minimum Gasteiger partial charge on any atom is -0.494 e. The van der Waals surface area contributed by atoms with Crippen LogP contribution in [0.3, 0.4) is 0 Å². The molecule has 0 aliphatic rings. The van der Waals surface area contributed by atoms with Gasteiger partial charge in [0.25, 0.3) is 0 Å². The predicted molar refractivity (Wildman–Crippen MR) is 101 cm³/mol. The van der Waals surface area contributed by atoms with Crippen LogP contribution in [0.5, 0.6) is 5.75 Å². The number of nitrogens with one attached hydrogen (secondary N) is 2. The van der Waals surface area contributed by atoms with Gasteiger partial charge < -0.3 is 15.4 Å². The molecule has 0 bridgehead atoms. The van der Waals surface area contributed by atoms with Gasteiger partial charge in [-0.05, 0) is 23.8 Å². The van der Waals surface area contributed by atoms with Gasteiger partial charge in [-0.2, -0.15) is 0 Å². The lowest BCUT2D eigenvalue weighted by Gasteiger charge is -2.13. The molecular weight excluding hydrogens is 316 g/mol. The van der Waals surface area contributed by atoms with Crippen molar-refractivity contribution in [3.8, 4) is 5.75 Å². The van der Waals surface area contributed by atoms with E-state index in [2.05, 4.69) is 10.6 Å². The minimum atomic E-state index is -0.245. The number of carbonyl (C=O) groups excluding carboxylic acids is 2. The number of ether oxygens (including phenoxy) is 1. The zero-order valence-electron chi connectivity index (χ0n) is 14.6.